The van der Waals surface area contributed by atoms with Crippen molar-refractivity contribution in [1.29, 1.82) is 0 Å². The molecule has 1 fully saturated rings. The normalized spacial score (nSPS) is 23.2. The summed E-state index contributed by atoms with van der Waals surface area (Å²) in [6.07, 6.45) is 2.86. The molecule has 134 valence electrons. The van der Waals surface area contributed by atoms with E-state index in [2.05, 4.69) is 25.5 Å². The van der Waals surface area contributed by atoms with Crippen LogP contribution in [0.4, 0.5) is 11.6 Å². The Hall–Kier alpha value is -2.48. The van der Waals surface area contributed by atoms with Crippen molar-refractivity contribution in [3.05, 3.63) is 29.3 Å². The molecule has 2 heterocycles. The molecule has 0 bridgehead atoms. The van der Waals surface area contributed by atoms with E-state index in [0.29, 0.717) is 19.3 Å². The van der Waals surface area contributed by atoms with Crippen molar-refractivity contribution in [3.63, 3.8) is 0 Å². The predicted octanol–water partition coefficient (Wildman–Crippen LogP) is 2.73. The third kappa shape index (κ3) is 3.96. The van der Waals surface area contributed by atoms with Gasteiger partial charge in [-0.1, -0.05) is 0 Å². The Morgan fingerprint density at radius 3 is 2.60 bits per heavy atom. The first-order chi connectivity index (χ1) is 12.0. The van der Waals surface area contributed by atoms with E-state index >= 15 is 0 Å². The van der Waals surface area contributed by atoms with Gasteiger partial charge in [-0.3, -0.25) is 9.89 Å². The van der Waals surface area contributed by atoms with Crippen LogP contribution in [0.15, 0.2) is 12.1 Å². The van der Waals surface area contributed by atoms with E-state index in [1.54, 1.807) is 7.11 Å². The zero-order valence-electron chi connectivity index (χ0n) is 14.7. The average Bonchev–Trinajstić information content (AvgIpc) is 3.00. The minimum atomic E-state index is -0.810. The minimum Gasteiger partial charge on any atom is -0.435 e. The van der Waals surface area contributed by atoms with E-state index in [1.165, 1.54) is 0 Å². The van der Waals surface area contributed by atoms with E-state index in [9.17, 15) is 4.79 Å². The van der Waals surface area contributed by atoms with Crippen LogP contribution in [0.3, 0.4) is 0 Å². The molecule has 2 aromatic heterocycles. The number of anilines is 2. The lowest BCUT2D eigenvalue weighted by Gasteiger charge is -2.36. The molecule has 0 saturated heterocycles. The van der Waals surface area contributed by atoms with Crippen LogP contribution in [0, 0.1) is 13.8 Å². The Morgan fingerprint density at radius 2 is 2.00 bits per heavy atom. The molecule has 0 aromatic carbocycles. The highest BCUT2D eigenvalue weighted by Crippen LogP contribution is 2.39. The van der Waals surface area contributed by atoms with Crippen LogP contribution in [0.5, 0.6) is 0 Å². The summed E-state index contributed by atoms with van der Waals surface area (Å²) in [7, 11) is 1.57. The monoisotopic (exact) mass is 345 g/mol. The number of hydrogen-bond acceptors (Lipinski definition) is 7. The Balaban J connectivity index is 1.73. The van der Waals surface area contributed by atoms with E-state index in [1.807, 2.05) is 26.0 Å². The quantitative estimate of drug-likeness (QED) is 0.613. The Morgan fingerprint density at radius 1 is 1.24 bits per heavy atom. The number of aromatic amines is 1. The molecule has 0 spiro atoms. The van der Waals surface area contributed by atoms with Gasteiger partial charge in [0.25, 0.3) is 6.47 Å². The molecule has 3 rings (SSSR count). The van der Waals surface area contributed by atoms with Crippen molar-refractivity contribution in [3.8, 4) is 0 Å². The van der Waals surface area contributed by atoms with Gasteiger partial charge in [0.15, 0.2) is 5.82 Å². The summed E-state index contributed by atoms with van der Waals surface area (Å²) < 4.78 is 10.6. The van der Waals surface area contributed by atoms with E-state index in [0.717, 1.165) is 41.7 Å². The fraction of sp³-hybridized carbons (Fsp3) is 0.529. The van der Waals surface area contributed by atoms with Crippen molar-refractivity contribution >= 4 is 18.1 Å². The first kappa shape index (κ1) is 17.3. The van der Waals surface area contributed by atoms with Gasteiger partial charge < -0.3 is 14.8 Å². The standard InChI is InChI=1S/C17H23N5O3/c1-11-8-14(19-15-9-12(2)21-22-15)20-16(18-11)13-4-6-17(24-3,7-5-13)25-10-23/h8-10,13H,4-7H2,1-3H3,(H2,18,19,20,21,22). The maximum Gasteiger partial charge on any atom is 0.295 e. The number of nitrogens with one attached hydrogen (secondary N) is 2. The summed E-state index contributed by atoms with van der Waals surface area (Å²) in [6.45, 7) is 4.35. The number of H-pyrrole nitrogens is 1. The van der Waals surface area contributed by atoms with Gasteiger partial charge in [-0.25, -0.2) is 9.97 Å². The Bertz CT molecular complexity index is 738. The molecular weight excluding hydrogens is 322 g/mol. The molecule has 0 aliphatic heterocycles. The number of nitrogens with zero attached hydrogens (tertiary/aromatic N) is 3. The molecule has 8 heteroatoms. The van der Waals surface area contributed by atoms with Crippen LogP contribution < -0.4 is 5.32 Å². The third-order valence-electron chi connectivity index (χ3n) is 4.58. The van der Waals surface area contributed by atoms with E-state index < -0.39 is 5.79 Å². The lowest BCUT2D eigenvalue weighted by atomic mass is 9.84. The summed E-state index contributed by atoms with van der Waals surface area (Å²) in [5.74, 6) is 1.64. The number of hydrogen-bond donors (Lipinski definition) is 2. The van der Waals surface area contributed by atoms with Crippen molar-refractivity contribution < 1.29 is 14.3 Å². The third-order valence-corrected chi connectivity index (χ3v) is 4.58. The topological polar surface area (TPSA) is 102 Å². The molecule has 0 amide bonds. The summed E-state index contributed by atoms with van der Waals surface area (Å²) in [5, 5.41) is 10.3. The van der Waals surface area contributed by atoms with Gasteiger partial charge in [0, 0.05) is 49.4 Å². The smallest absolute Gasteiger partial charge is 0.295 e. The fourth-order valence-corrected chi connectivity index (χ4v) is 3.22. The summed E-state index contributed by atoms with van der Waals surface area (Å²) in [6, 6.07) is 3.81. The number of aromatic nitrogens is 4. The van der Waals surface area contributed by atoms with Crippen molar-refractivity contribution in [2.45, 2.75) is 51.2 Å². The second-order valence-corrected chi connectivity index (χ2v) is 6.42. The molecule has 0 atom stereocenters. The highest BCUT2D eigenvalue weighted by Gasteiger charge is 2.38. The van der Waals surface area contributed by atoms with Crippen LogP contribution >= 0.6 is 0 Å². The number of aryl methyl sites for hydroxylation is 2. The number of carbonyl (C=O) groups is 1. The maximum absolute atomic E-state index is 10.7. The number of rotatable bonds is 6. The molecular formula is C17H23N5O3. The average molecular weight is 345 g/mol. The molecule has 1 saturated carbocycles. The van der Waals surface area contributed by atoms with Gasteiger partial charge in [-0.05, 0) is 26.7 Å². The Labute approximate surface area is 146 Å². The molecule has 1 aliphatic rings. The lowest BCUT2D eigenvalue weighted by Crippen LogP contribution is -2.38. The molecule has 1 aliphatic carbocycles. The molecule has 0 radical (unpaired) electrons. The molecule has 25 heavy (non-hydrogen) atoms. The summed E-state index contributed by atoms with van der Waals surface area (Å²) in [4.78, 5) is 20.0. The van der Waals surface area contributed by atoms with Gasteiger partial charge in [0.2, 0.25) is 5.79 Å². The predicted molar refractivity (Wildman–Crippen MR) is 91.5 cm³/mol. The van der Waals surface area contributed by atoms with Crippen LogP contribution in [-0.2, 0) is 14.3 Å². The van der Waals surface area contributed by atoms with Gasteiger partial charge in [0.1, 0.15) is 11.6 Å². The maximum atomic E-state index is 10.7. The SMILES string of the molecule is COC1(OC=O)CCC(c2nc(C)cc(Nc3cc(C)[nH]n3)n2)CC1. The van der Waals surface area contributed by atoms with Crippen molar-refractivity contribution in [2.24, 2.45) is 0 Å². The van der Waals surface area contributed by atoms with E-state index in [-0.39, 0.29) is 5.92 Å². The first-order valence-corrected chi connectivity index (χ1v) is 8.35. The molecule has 0 unspecified atom stereocenters. The highest BCUT2D eigenvalue weighted by molar-refractivity contribution is 5.52. The van der Waals surface area contributed by atoms with Gasteiger partial charge in [-0.15, -0.1) is 0 Å². The van der Waals surface area contributed by atoms with Crippen LogP contribution in [-0.4, -0.2) is 39.5 Å². The number of ether oxygens (including phenoxy) is 2. The zero-order valence-corrected chi connectivity index (χ0v) is 14.7. The number of methoxy groups -OCH3 is 1. The van der Waals surface area contributed by atoms with Gasteiger partial charge in [0.05, 0.1) is 0 Å². The minimum absolute atomic E-state index is 0.208. The lowest BCUT2D eigenvalue weighted by molar-refractivity contribution is -0.223. The second kappa shape index (κ2) is 7.18. The van der Waals surface area contributed by atoms with Crippen molar-refractivity contribution in [1.82, 2.24) is 20.2 Å². The summed E-state index contributed by atoms with van der Waals surface area (Å²) in [5.41, 5.74) is 1.87. The highest BCUT2D eigenvalue weighted by atomic mass is 16.7. The van der Waals surface area contributed by atoms with Crippen LogP contribution in [0.1, 0.15) is 48.8 Å². The second-order valence-electron chi connectivity index (χ2n) is 6.42. The fourth-order valence-electron chi connectivity index (χ4n) is 3.22. The van der Waals surface area contributed by atoms with E-state index in [4.69, 9.17) is 9.47 Å². The van der Waals surface area contributed by atoms with Gasteiger partial charge in [-0.2, -0.15) is 5.10 Å². The molecule has 8 nitrogen and oxygen atoms in total. The largest absolute Gasteiger partial charge is 0.435 e. The summed E-state index contributed by atoms with van der Waals surface area (Å²) >= 11 is 0. The van der Waals surface area contributed by atoms with Gasteiger partial charge >= 0.3 is 0 Å². The zero-order chi connectivity index (χ0) is 17.9. The van der Waals surface area contributed by atoms with Crippen LogP contribution in [0.25, 0.3) is 0 Å². The van der Waals surface area contributed by atoms with Crippen molar-refractivity contribution in [2.75, 3.05) is 12.4 Å². The number of carbonyl (C=O) groups excluding carboxylic acids is 1. The molecule has 2 aromatic rings. The Kier molecular flexibility index (Phi) is 4.98. The van der Waals surface area contributed by atoms with Crippen LogP contribution in [0.2, 0.25) is 0 Å². The molecule has 2 N–H and O–H groups in total. The first-order valence-electron chi connectivity index (χ1n) is 8.35.